The SMILES string of the molecule is C=C(C)c1cc(C)c(N=CC)cc1N=C(C)c1cc(C)ccc1OCCC. The van der Waals surface area contributed by atoms with Gasteiger partial charge in [0.05, 0.1) is 18.0 Å². The zero-order chi connectivity index (χ0) is 20.0. The highest BCUT2D eigenvalue weighted by atomic mass is 16.5. The van der Waals surface area contributed by atoms with Crippen LogP contribution in [0.2, 0.25) is 0 Å². The van der Waals surface area contributed by atoms with Crippen molar-refractivity contribution in [3.8, 4) is 5.75 Å². The maximum Gasteiger partial charge on any atom is 0.128 e. The first-order chi connectivity index (χ1) is 12.9. The molecule has 3 nitrogen and oxygen atoms in total. The molecule has 0 aliphatic rings. The minimum absolute atomic E-state index is 0.695. The summed E-state index contributed by atoms with van der Waals surface area (Å²) in [6.07, 6.45) is 2.78. The molecular formula is C24H30N2O. The molecule has 142 valence electrons. The second-order valence-electron chi connectivity index (χ2n) is 6.87. The van der Waals surface area contributed by atoms with E-state index in [1.165, 1.54) is 5.56 Å². The quantitative estimate of drug-likeness (QED) is 0.489. The van der Waals surface area contributed by atoms with Crippen LogP contribution >= 0.6 is 0 Å². The molecule has 0 spiro atoms. The highest BCUT2D eigenvalue weighted by molar-refractivity contribution is 6.03. The normalized spacial score (nSPS) is 11.9. The summed E-state index contributed by atoms with van der Waals surface area (Å²) in [7, 11) is 0. The van der Waals surface area contributed by atoms with Gasteiger partial charge in [0.25, 0.3) is 0 Å². The van der Waals surface area contributed by atoms with Crippen molar-refractivity contribution in [3.63, 3.8) is 0 Å². The molecule has 3 heteroatoms. The minimum Gasteiger partial charge on any atom is -0.493 e. The van der Waals surface area contributed by atoms with Crippen molar-refractivity contribution < 1.29 is 4.74 Å². The van der Waals surface area contributed by atoms with Crippen molar-refractivity contribution in [3.05, 3.63) is 59.2 Å². The summed E-state index contributed by atoms with van der Waals surface area (Å²) in [4.78, 5) is 9.42. The van der Waals surface area contributed by atoms with Crippen molar-refractivity contribution in [1.29, 1.82) is 0 Å². The standard InChI is InChI=1S/C24H30N2O/c1-8-12-27-24-11-10-17(5)13-21(24)19(7)26-23-15-22(25-9-2)18(6)14-20(23)16(3)4/h9-11,13-15H,3,8,12H2,1-2,4-7H3. The van der Waals surface area contributed by atoms with Crippen LogP contribution in [0.25, 0.3) is 5.57 Å². The van der Waals surface area contributed by atoms with Crippen LogP contribution in [-0.2, 0) is 0 Å². The molecule has 0 aliphatic heterocycles. The summed E-state index contributed by atoms with van der Waals surface area (Å²) in [5, 5.41) is 0. The molecule has 27 heavy (non-hydrogen) atoms. The van der Waals surface area contributed by atoms with E-state index in [2.05, 4.69) is 50.5 Å². The summed E-state index contributed by atoms with van der Waals surface area (Å²) >= 11 is 0. The van der Waals surface area contributed by atoms with Crippen LogP contribution in [0.3, 0.4) is 0 Å². The molecule has 0 fully saturated rings. The second-order valence-corrected chi connectivity index (χ2v) is 6.87. The molecule has 2 aromatic carbocycles. The lowest BCUT2D eigenvalue weighted by Gasteiger charge is -2.14. The van der Waals surface area contributed by atoms with Gasteiger partial charge in [-0.3, -0.25) is 9.98 Å². The summed E-state index contributed by atoms with van der Waals surface area (Å²) in [5.41, 5.74) is 8.10. The number of benzene rings is 2. The van der Waals surface area contributed by atoms with Crippen LogP contribution in [0.4, 0.5) is 11.4 Å². The molecule has 0 bridgehead atoms. The van der Waals surface area contributed by atoms with Crippen molar-refractivity contribution in [2.24, 2.45) is 9.98 Å². The number of aryl methyl sites for hydroxylation is 2. The fourth-order valence-corrected chi connectivity index (χ4v) is 2.90. The first kappa shape index (κ1) is 20.6. The van der Waals surface area contributed by atoms with Gasteiger partial charge in [-0.25, -0.2) is 0 Å². The molecule has 0 aromatic heterocycles. The van der Waals surface area contributed by atoms with E-state index in [-0.39, 0.29) is 0 Å². The Morgan fingerprint density at radius 2 is 1.81 bits per heavy atom. The van der Waals surface area contributed by atoms with Crippen LogP contribution in [0.1, 0.15) is 56.4 Å². The van der Waals surface area contributed by atoms with E-state index in [1.807, 2.05) is 32.9 Å². The molecule has 0 radical (unpaired) electrons. The van der Waals surface area contributed by atoms with E-state index in [4.69, 9.17) is 9.73 Å². The first-order valence-electron chi connectivity index (χ1n) is 9.45. The Kier molecular flexibility index (Phi) is 7.12. The number of rotatable bonds is 7. The zero-order valence-corrected chi connectivity index (χ0v) is 17.4. The summed E-state index contributed by atoms with van der Waals surface area (Å²) < 4.78 is 5.94. The predicted molar refractivity (Wildman–Crippen MR) is 119 cm³/mol. The molecule has 0 saturated carbocycles. The minimum atomic E-state index is 0.695. The Morgan fingerprint density at radius 3 is 2.44 bits per heavy atom. The lowest BCUT2D eigenvalue weighted by molar-refractivity contribution is 0.317. The molecular weight excluding hydrogens is 332 g/mol. The molecule has 0 atom stereocenters. The average Bonchev–Trinajstić information content (AvgIpc) is 2.63. The third-order valence-corrected chi connectivity index (χ3v) is 4.32. The monoisotopic (exact) mass is 362 g/mol. The fourth-order valence-electron chi connectivity index (χ4n) is 2.90. The Balaban J connectivity index is 2.59. The molecule has 0 amide bonds. The number of hydrogen-bond donors (Lipinski definition) is 0. The van der Waals surface area contributed by atoms with Crippen LogP contribution in [-0.4, -0.2) is 18.5 Å². The van der Waals surface area contributed by atoms with Gasteiger partial charge in [0.15, 0.2) is 0 Å². The van der Waals surface area contributed by atoms with Crippen LogP contribution in [0.15, 0.2) is 46.9 Å². The first-order valence-corrected chi connectivity index (χ1v) is 9.45. The van der Waals surface area contributed by atoms with Crippen LogP contribution < -0.4 is 4.74 Å². The van der Waals surface area contributed by atoms with Gasteiger partial charge in [0, 0.05) is 23.1 Å². The van der Waals surface area contributed by atoms with Gasteiger partial charge in [-0.1, -0.05) is 25.1 Å². The molecule has 2 rings (SSSR count). The Labute approximate surface area is 163 Å². The van der Waals surface area contributed by atoms with Crippen molar-refractivity contribution in [2.45, 2.75) is 48.0 Å². The third kappa shape index (κ3) is 5.16. The third-order valence-electron chi connectivity index (χ3n) is 4.32. The van der Waals surface area contributed by atoms with E-state index in [1.54, 1.807) is 6.21 Å². The van der Waals surface area contributed by atoms with Gasteiger partial charge in [-0.15, -0.1) is 0 Å². The van der Waals surface area contributed by atoms with Crippen molar-refractivity contribution in [1.82, 2.24) is 0 Å². The number of ether oxygens (including phenoxy) is 1. The fraction of sp³-hybridized carbons (Fsp3) is 0.333. The van der Waals surface area contributed by atoms with Crippen molar-refractivity contribution in [2.75, 3.05) is 6.61 Å². The summed E-state index contributed by atoms with van der Waals surface area (Å²) in [5.74, 6) is 0.875. The molecule has 2 aromatic rings. The van der Waals surface area contributed by atoms with Gasteiger partial charge < -0.3 is 4.74 Å². The lowest BCUT2D eigenvalue weighted by Crippen LogP contribution is -2.03. The van der Waals surface area contributed by atoms with Crippen molar-refractivity contribution >= 4 is 28.9 Å². The Morgan fingerprint density at radius 1 is 1.07 bits per heavy atom. The van der Waals surface area contributed by atoms with Crippen LogP contribution in [0.5, 0.6) is 5.75 Å². The largest absolute Gasteiger partial charge is 0.493 e. The smallest absolute Gasteiger partial charge is 0.128 e. The van der Waals surface area contributed by atoms with Crippen LogP contribution in [0, 0.1) is 13.8 Å². The molecule has 0 aliphatic carbocycles. The van der Waals surface area contributed by atoms with Gasteiger partial charge >= 0.3 is 0 Å². The highest BCUT2D eigenvalue weighted by Gasteiger charge is 2.11. The number of allylic oxidation sites excluding steroid dienone is 1. The predicted octanol–water partition coefficient (Wildman–Crippen LogP) is 6.99. The summed E-state index contributed by atoms with van der Waals surface area (Å²) in [6.45, 7) is 17.0. The van der Waals surface area contributed by atoms with E-state index < -0.39 is 0 Å². The lowest BCUT2D eigenvalue weighted by atomic mass is 10.0. The topological polar surface area (TPSA) is 34.0 Å². The average molecular weight is 363 g/mol. The molecule has 0 saturated heterocycles. The molecule has 0 heterocycles. The van der Waals surface area contributed by atoms with E-state index in [9.17, 15) is 0 Å². The van der Waals surface area contributed by atoms with E-state index in [0.29, 0.717) is 6.61 Å². The van der Waals surface area contributed by atoms with Gasteiger partial charge in [0.1, 0.15) is 5.75 Å². The van der Waals surface area contributed by atoms with Gasteiger partial charge in [-0.2, -0.15) is 0 Å². The number of aliphatic imine (C=N–C) groups is 2. The van der Waals surface area contributed by atoms with E-state index in [0.717, 1.165) is 51.5 Å². The maximum absolute atomic E-state index is 5.94. The molecule has 0 N–H and O–H groups in total. The Bertz CT molecular complexity index is 891. The summed E-state index contributed by atoms with van der Waals surface area (Å²) in [6, 6.07) is 10.4. The maximum atomic E-state index is 5.94. The second kappa shape index (κ2) is 9.31. The zero-order valence-electron chi connectivity index (χ0n) is 17.4. The van der Waals surface area contributed by atoms with E-state index >= 15 is 0 Å². The highest BCUT2D eigenvalue weighted by Crippen LogP contribution is 2.34. The van der Waals surface area contributed by atoms with Gasteiger partial charge in [0.2, 0.25) is 0 Å². The Hall–Kier alpha value is -2.68. The number of hydrogen-bond acceptors (Lipinski definition) is 3. The van der Waals surface area contributed by atoms with Gasteiger partial charge in [-0.05, 0) is 76.4 Å². The molecule has 0 unspecified atom stereocenters. The number of nitrogens with zero attached hydrogens (tertiary/aromatic N) is 2.